The number of imidazole rings is 1. The van der Waals surface area contributed by atoms with Crippen molar-refractivity contribution in [2.75, 3.05) is 0 Å². The summed E-state index contributed by atoms with van der Waals surface area (Å²) in [6.45, 7) is 6.04. The largest absolute Gasteiger partial charge is 0.338 e. The highest BCUT2D eigenvalue weighted by Gasteiger charge is 2.09. The molecule has 0 aliphatic carbocycles. The van der Waals surface area contributed by atoms with E-state index in [4.69, 9.17) is 4.52 Å². The highest BCUT2D eigenvalue weighted by Crippen LogP contribution is 2.24. The highest BCUT2D eigenvalue weighted by atomic mass is 32.2. The number of hydrogen-bond donors (Lipinski definition) is 0. The van der Waals surface area contributed by atoms with Gasteiger partial charge in [0.1, 0.15) is 0 Å². The predicted octanol–water partition coefficient (Wildman–Crippen LogP) is 3.47. The first-order chi connectivity index (χ1) is 10.1. The van der Waals surface area contributed by atoms with Crippen LogP contribution < -0.4 is 0 Å². The zero-order chi connectivity index (χ0) is 14.8. The average Bonchev–Trinajstić information content (AvgIpc) is 3.08. The van der Waals surface area contributed by atoms with E-state index >= 15 is 0 Å². The number of rotatable bonds is 4. The summed E-state index contributed by atoms with van der Waals surface area (Å²) in [5, 5.41) is 4.70. The minimum absolute atomic E-state index is 0.614. The Morgan fingerprint density at radius 3 is 2.76 bits per heavy atom. The van der Waals surface area contributed by atoms with Crippen molar-refractivity contribution in [1.29, 1.82) is 0 Å². The second kappa shape index (κ2) is 5.73. The lowest BCUT2D eigenvalue weighted by molar-refractivity contribution is 0.387. The van der Waals surface area contributed by atoms with Gasteiger partial charge in [-0.05, 0) is 44.0 Å². The fraction of sp³-hybridized carbons (Fsp3) is 0.267. The Bertz CT molecular complexity index is 763. The first-order valence-electron chi connectivity index (χ1n) is 6.66. The third-order valence-electron chi connectivity index (χ3n) is 3.27. The molecule has 6 heteroatoms. The Kier molecular flexibility index (Phi) is 3.79. The summed E-state index contributed by atoms with van der Waals surface area (Å²) < 4.78 is 7.19. The van der Waals surface area contributed by atoms with Crippen LogP contribution in [0.3, 0.4) is 0 Å². The minimum atomic E-state index is 0.614. The van der Waals surface area contributed by atoms with Gasteiger partial charge in [0.25, 0.3) is 0 Å². The van der Waals surface area contributed by atoms with Crippen LogP contribution in [0.4, 0.5) is 0 Å². The third-order valence-corrected chi connectivity index (χ3v) is 4.22. The number of aromatic nitrogens is 4. The maximum Gasteiger partial charge on any atom is 0.237 e. The second-order valence-electron chi connectivity index (χ2n) is 4.87. The van der Waals surface area contributed by atoms with Crippen molar-refractivity contribution in [2.24, 2.45) is 0 Å². The maximum atomic E-state index is 5.12. The van der Waals surface area contributed by atoms with E-state index in [1.54, 1.807) is 18.0 Å². The Labute approximate surface area is 127 Å². The minimum Gasteiger partial charge on any atom is -0.338 e. The van der Waals surface area contributed by atoms with E-state index in [1.165, 1.54) is 11.1 Å². The predicted molar refractivity (Wildman–Crippen MR) is 81.6 cm³/mol. The number of thioether (sulfide) groups is 1. The van der Waals surface area contributed by atoms with E-state index in [1.807, 2.05) is 13.1 Å². The van der Waals surface area contributed by atoms with Gasteiger partial charge < -0.3 is 4.52 Å². The molecule has 0 saturated carbocycles. The fourth-order valence-electron chi connectivity index (χ4n) is 1.99. The number of hydrogen-bond acceptors (Lipinski definition) is 5. The zero-order valence-corrected chi connectivity index (χ0v) is 13.0. The fourth-order valence-corrected chi connectivity index (χ4v) is 2.80. The van der Waals surface area contributed by atoms with Crippen LogP contribution in [0.1, 0.15) is 22.8 Å². The van der Waals surface area contributed by atoms with Gasteiger partial charge in [0.15, 0.2) is 11.0 Å². The van der Waals surface area contributed by atoms with Gasteiger partial charge in [-0.1, -0.05) is 23.0 Å². The number of benzene rings is 1. The molecule has 1 aromatic carbocycles. The SMILES string of the molecule is Cc1noc(CSc2nccn2-c2ccc(C)c(C)c2)n1. The zero-order valence-electron chi connectivity index (χ0n) is 12.2. The van der Waals surface area contributed by atoms with E-state index in [-0.39, 0.29) is 0 Å². The van der Waals surface area contributed by atoms with E-state index in [9.17, 15) is 0 Å². The summed E-state index contributed by atoms with van der Waals surface area (Å²) in [6.07, 6.45) is 3.77. The molecule has 0 fully saturated rings. The van der Waals surface area contributed by atoms with Gasteiger partial charge in [0.2, 0.25) is 5.89 Å². The van der Waals surface area contributed by atoms with Gasteiger partial charge in [-0.25, -0.2) is 4.98 Å². The molecule has 2 aromatic heterocycles. The van der Waals surface area contributed by atoms with E-state index in [0.717, 1.165) is 10.8 Å². The lowest BCUT2D eigenvalue weighted by Gasteiger charge is -2.09. The van der Waals surface area contributed by atoms with Crippen molar-refractivity contribution in [3.05, 3.63) is 53.4 Å². The van der Waals surface area contributed by atoms with Crippen molar-refractivity contribution >= 4 is 11.8 Å². The molecule has 0 N–H and O–H groups in total. The number of nitrogens with zero attached hydrogens (tertiary/aromatic N) is 4. The molecule has 0 atom stereocenters. The molecule has 0 bridgehead atoms. The van der Waals surface area contributed by atoms with Gasteiger partial charge in [0, 0.05) is 18.1 Å². The maximum absolute atomic E-state index is 5.12. The van der Waals surface area contributed by atoms with Crippen LogP contribution in [-0.4, -0.2) is 19.7 Å². The molecule has 2 heterocycles. The van der Waals surface area contributed by atoms with Crippen LogP contribution in [0, 0.1) is 20.8 Å². The van der Waals surface area contributed by atoms with Gasteiger partial charge in [-0.3, -0.25) is 4.57 Å². The van der Waals surface area contributed by atoms with Crippen molar-refractivity contribution in [3.63, 3.8) is 0 Å². The molecule has 21 heavy (non-hydrogen) atoms. The smallest absolute Gasteiger partial charge is 0.237 e. The lowest BCUT2D eigenvalue weighted by Crippen LogP contribution is -1.96. The molecule has 0 amide bonds. The molecule has 5 nitrogen and oxygen atoms in total. The van der Waals surface area contributed by atoms with Crippen LogP contribution in [0.2, 0.25) is 0 Å². The Hall–Kier alpha value is -2.08. The van der Waals surface area contributed by atoms with Crippen molar-refractivity contribution in [2.45, 2.75) is 31.7 Å². The molecule has 3 aromatic rings. The van der Waals surface area contributed by atoms with Crippen molar-refractivity contribution in [3.8, 4) is 5.69 Å². The summed E-state index contributed by atoms with van der Waals surface area (Å²) in [5.41, 5.74) is 3.67. The van der Waals surface area contributed by atoms with Gasteiger partial charge in [0.05, 0.1) is 5.75 Å². The molecule has 108 valence electrons. The van der Waals surface area contributed by atoms with Crippen LogP contribution in [-0.2, 0) is 5.75 Å². The van der Waals surface area contributed by atoms with Crippen LogP contribution >= 0.6 is 11.8 Å². The van der Waals surface area contributed by atoms with E-state index in [2.05, 4.69) is 51.7 Å². The van der Waals surface area contributed by atoms with E-state index in [0.29, 0.717) is 17.5 Å². The molecule has 0 aliphatic heterocycles. The van der Waals surface area contributed by atoms with Crippen LogP contribution in [0.5, 0.6) is 0 Å². The molecule has 0 unspecified atom stereocenters. The van der Waals surface area contributed by atoms with Gasteiger partial charge >= 0.3 is 0 Å². The average molecular weight is 300 g/mol. The standard InChI is InChI=1S/C15H16N4OS/c1-10-4-5-13(8-11(10)2)19-7-6-16-15(19)21-9-14-17-12(3)18-20-14/h4-8H,9H2,1-3H3. The van der Waals surface area contributed by atoms with E-state index < -0.39 is 0 Å². The molecule has 0 aliphatic rings. The lowest BCUT2D eigenvalue weighted by atomic mass is 10.1. The summed E-state index contributed by atoms with van der Waals surface area (Å²) in [7, 11) is 0. The molecule has 0 radical (unpaired) electrons. The molecule has 0 spiro atoms. The topological polar surface area (TPSA) is 56.7 Å². The molecular formula is C15H16N4OS. The molecule has 0 saturated heterocycles. The van der Waals surface area contributed by atoms with Crippen molar-refractivity contribution < 1.29 is 4.52 Å². The normalized spacial score (nSPS) is 11.0. The van der Waals surface area contributed by atoms with Crippen molar-refractivity contribution in [1.82, 2.24) is 19.7 Å². The molecule has 3 rings (SSSR count). The van der Waals surface area contributed by atoms with Gasteiger partial charge in [-0.2, -0.15) is 4.98 Å². The summed E-state index contributed by atoms with van der Waals surface area (Å²) in [4.78, 5) is 8.61. The highest BCUT2D eigenvalue weighted by molar-refractivity contribution is 7.98. The second-order valence-corrected chi connectivity index (χ2v) is 5.81. The first-order valence-corrected chi connectivity index (χ1v) is 7.65. The summed E-state index contributed by atoms with van der Waals surface area (Å²) >= 11 is 1.58. The Balaban J connectivity index is 1.81. The number of aryl methyl sites for hydroxylation is 3. The summed E-state index contributed by atoms with van der Waals surface area (Å²) in [6, 6.07) is 6.39. The third kappa shape index (κ3) is 3.00. The monoisotopic (exact) mass is 300 g/mol. The Morgan fingerprint density at radius 2 is 2.05 bits per heavy atom. The Morgan fingerprint density at radius 1 is 1.19 bits per heavy atom. The quantitative estimate of drug-likeness (QED) is 0.690. The van der Waals surface area contributed by atoms with Crippen LogP contribution in [0.25, 0.3) is 5.69 Å². The first kappa shape index (κ1) is 13.9. The van der Waals surface area contributed by atoms with Gasteiger partial charge in [-0.15, -0.1) is 0 Å². The summed E-state index contributed by atoms with van der Waals surface area (Å²) in [5.74, 6) is 1.89. The van der Waals surface area contributed by atoms with Crippen LogP contribution in [0.15, 0.2) is 40.3 Å². The molecular weight excluding hydrogens is 284 g/mol.